The molecule has 0 aromatic heterocycles. The van der Waals surface area contributed by atoms with Crippen LogP contribution < -0.4 is 9.47 Å². The Morgan fingerprint density at radius 2 is 1.78 bits per heavy atom. The molecule has 2 aliphatic rings. The van der Waals surface area contributed by atoms with Crippen molar-refractivity contribution in [2.45, 2.75) is 59.4 Å². The zero-order chi connectivity index (χ0) is 19.7. The van der Waals surface area contributed by atoms with Gasteiger partial charge in [-0.2, -0.15) is 0 Å². The van der Waals surface area contributed by atoms with Gasteiger partial charge >= 0.3 is 0 Å². The number of rotatable bonds is 4. The highest BCUT2D eigenvalue weighted by molar-refractivity contribution is 5.80. The van der Waals surface area contributed by atoms with Crippen molar-refractivity contribution in [3.05, 3.63) is 23.3 Å². The summed E-state index contributed by atoms with van der Waals surface area (Å²) in [5.74, 6) is 3.74. The van der Waals surface area contributed by atoms with Crippen LogP contribution in [0.4, 0.5) is 0 Å². The Labute approximate surface area is 164 Å². The zero-order valence-electron chi connectivity index (χ0n) is 17.7. The number of hydrogen-bond acceptors (Lipinski definition) is 3. The first-order valence-corrected chi connectivity index (χ1v) is 10.4. The molecule has 0 saturated heterocycles. The number of hydrogen-bond donors (Lipinski definition) is 0. The molecule has 4 atom stereocenters. The molecule has 4 heteroatoms. The van der Waals surface area contributed by atoms with E-state index in [9.17, 15) is 4.79 Å². The summed E-state index contributed by atoms with van der Waals surface area (Å²) in [6.07, 6.45) is 4.34. The van der Waals surface area contributed by atoms with E-state index in [1.165, 1.54) is 24.0 Å². The lowest BCUT2D eigenvalue weighted by atomic mass is 9.69. The van der Waals surface area contributed by atoms with Gasteiger partial charge in [-0.25, -0.2) is 0 Å². The molecule has 1 fully saturated rings. The molecular weight excluding hydrogens is 338 g/mol. The third-order valence-electron chi connectivity index (χ3n) is 6.81. The van der Waals surface area contributed by atoms with Gasteiger partial charge < -0.3 is 14.4 Å². The first-order valence-electron chi connectivity index (χ1n) is 10.4. The highest BCUT2D eigenvalue weighted by Crippen LogP contribution is 2.42. The third kappa shape index (κ3) is 3.81. The second-order valence-electron chi connectivity index (χ2n) is 8.80. The van der Waals surface area contributed by atoms with Crippen LogP contribution in [0.25, 0.3) is 0 Å². The molecule has 1 unspecified atom stereocenters. The van der Waals surface area contributed by atoms with Crippen LogP contribution in [0.2, 0.25) is 0 Å². The number of carbonyl (C=O) groups excluding carboxylic acids is 1. The Hall–Kier alpha value is -1.71. The number of amides is 1. The number of fused-ring (bicyclic) bond motifs is 1. The van der Waals surface area contributed by atoms with E-state index in [-0.39, 0.29) is 12.0 Å². The number of methoxy groups -OCH3 is 2. The molecule has 1 aromatic rings. The van der Waals surface area contributed by atoms with Crippen LogP contribution in [0.1, 0.15) is 64.1 Å². The van der Waals surface area contributed by atoms with Gasteiger partial charge in [-0.1, -0.05) is 27.2 Å². The lowest BCUT2D eigenvalue weighted by Gasteiger charge is -2.42. The molecule has 0 radical (unpaired) electrons. The van der Waals surface area contributed by atoms with Gasteiger partial charge in [-0.05, 0) is 67.2 Å². The molecule has 0 spiro atoms. The SMILES string of the molecule is COc1cc2c(cc1OC)C(C)N(C(=O)[C@@H]1C[C@H](C)CC[C@@H]1C(C)C)CC2. The van der Waals surface area contributed by atoms with Crippen LogP contribution in [0.15, 0.2) is 12.1 Å². The average Bonchev–Trinajstić information content (AvgIpc) is 2.66. The van der Waals surface area contributed by atoms with E-state index in [4.69, 9.17) is 9.47 Å². The molecule has 1 saturated carbocycles. The third-order valence-corrected chi connectivity index (χ3v) is 6.81. The molecule has 1 amide bonds. The highest BCUT2D eigenvalue weighted by atomic mass is 16.5. The minimum Gasteiger partial charge on any atom is -0.493 e. The van der Waals surface area contributed by atoms with Crippen molar-refractivity contribution in [1.29, 1.82) is 0 Å². The van der Waals surface area contributed by atoms with E-state index in [0.29, 0.717) is 23.7 Å². The summed E-state index contributed by atoms with van der Waals surface area (Å²) in [4.78, 5) is 15.7. The van der Waals surface area contributed by atoms with Gasteiger partial charge in [0, 0.05) is 12.5 Å². The molecule has 1 aliphatic carbocycles. The molecule has 27 heavy (non-hydrogen) atoms. The number of benzene rings is 1. The molecule has 4 nitrogen and oxygen atoms in total. The van der Waals surface area contributed by atoms with Crippen LogP contribution >= 0.6 is 0 Å². The number of nitrogens with zero attached hydrogens (tertiary/aromatic N) is 1. The summed E-state index contributed by atoms with van der Waals surface area (Å²) in [7, 11) is 3.33. The van der Waals surface area contributed by atoms with E-state index in [1.54, 1.807) is 14.2 Å². The summed E-state index contributed by atoms with van der Waals surface area (Å²) in [6.45, 7) is 9.78. The van der Waals surface area contributed by atoms with Crippen molar-refractivity contribution in [2.75, 3.05) is 20.8 Å². The van der Waals surface area contributed by atoms with E-state index < -0.39 is 0 Å². The number of carbonyl (C=O) groups is 1. The largest absolute Gasteiger partial charge is 0.493 e. The van der Waals surface area contributed by atoms with Gasteiger partial charge in [0.1, 0.15) is 0 Å². The fourth-order valence-corrected chi connectivity index (χ4v) is 5.14. The van der Waals surface area contributed by atoms with Crippen molar-refractivity contribution < 1.29 is 14.3 Å². The van der Waals surface area contributed by atoms with Gasteiger partial charge in [0.15, 0.2) is 11.5 Å². The standard InChI is InChI=1S/C23H35NO3/c1-14(2)18-8-7-15(3)11-20(18)23(25)24-10-9-17-12-21(26-5)22(27-6)13-19(17)16(24)4/h12-16,18,20H,7-11H2,1-6H3/t15-,16?,18-,20-/m1/s1. The highest BCUT2D eigenvalue weighted by Gasteiger charge is 2.40. The second-order valence-corrected chi connectivity index (χ2v) is 8.80. The molecule has 0 bridgehead atoms. The fourth-order valence-electron chi connectivity index (χ4n) is 5.14. The summed E-state index contributed by atoms with van der Waals surface area (Å²) >= 11 is 0. The first-order chi connectivity index (χ1) is 12.9. The smallest absolute Gasteiger partial charge is 0.226 e. The van der Waals surface area contributed by atoms with Gasteiger partial charge in [0.05, 0.1) is 20.3 Å². The first kappa shape index (κ1) is 20.0. The molecule has 3 rings (SSSR count). The Morgan fingerprint density at radius 3 is 2.41 bits per heavy atom. The molecule has 0 N–H and O–H groups in total. The minimum absolute atomic E-state index is 0.0751. The summed E-state index contributed by atoms with van der Waals surface area (Å²) in [5.41, 5.74) is 2.46. The topological polar surface area (TPSA) is 38.8 Å². The Bertz CT molecular complexity index is 684. The van der Waals surface area contributed by atoms with Gasteiger partial charge in [0.25, 0.3) is 0 Å². The second kappa shape index (κ2) is 8.12. The lowest BCUT2D eigenvalue weighted by molar-refractivity contribution is -0.142. The summed E-state index contributed by atoms with van der Waals surface area (Å²) < 4.78 is 11.0. The van der Waals surface area contributed by atoms with Crippen molar-refractivity contribution in [3.63, 3.8) is 0 Å². The van der Waals surface area contributed by atoms with Crippen LogP contribution in [0, 0.1) is 23.7 Å². The maximum atomic E-state index is 13.6. The quantitative estimate of drug-likeness (QED) is 0.757. The van der Waals surface area contributed by atoms with Crippen molar-refractivity contribution in [1.82, 2.24) is 4.90 Å². The Morgan fingerprint density at radius 1 is 1.11 bits per heavy atom. The molecule has 1 aliphatic heterocycles. The van der Waals surface area contributed by atoms with E-state index in [2.05, 4.69) is 44.7 Å². The normalized spacial score (nSPS) is 28.0. The van der Waals surface area contributed by atoms with Crippen LogP contribution in [0.5, 0.6) is 11.5 Å². The van der Waals surface area contributed by atoms with Gasteiger partial charge in [-0.3, -0.25) is 4.79 Å². The summed E-state index contributed by atoms with van der Waals surface area (Å²) in [5, 5.41) is 0. The Kier molecular flexibility index (Phi) is 6.02. The Balaban J connectivity index is 1.87. The molecule has 150 valence electrons. The van der Waals surface area contributed by atoms with Crippen LogP contribution in [0.3, 0.4) is 0 Å². The van der Waals surface area contributed by atoms with Gasteiger partial charge in [-0.15, -0.1) is 0 Å². The van der Waals surface area contributed by atoms with Crippen LogP contribution in [-0.2, 0) is 11.2 Å². The van der Waals surface area contributed by atoms with E-state index >= 15 is 0 Å². The van der Waals surface area contributed by atoms with E-state index in [1.807, 2.05) is 0 Å². The molecular formula is C23H35NO3. The summed E-state index contributed by atoms with van der Waals surface area (Å²) in [6, 6.07) is 4.21. The monoisotopic (exact) mass is 373 g/mol. The van der Waals surface area contributed by atoms with Crippen molar-refractivity contribution in [3.8, 4) is 11.5 Å². The van der Waals surface area contributed by atoms with Gasteiger partial charge in [0.2, 0.25) is 5.91 Å². The molecule has 1 heterocycles. The average molecular weight is 374 g/mol. The zero-order valence-corrected chi connectivity index (χ0v) is 17.7. The predicted octanol–water partition coefficient (Wildman–Crippen LogP) is 4.86. The maximum absolute atomic E-state index is 13.6. The molecule has 1 aromatic carbocycles. The van der Waals surface area contributed by atoms with E-state index in [0.717, 1.165) is 30.9 Å². The van der Waals surface area contributed by atoms with Crippen molar-refractivity contribution >= 4 is 5.91 Å². The van der Waals surface area contributed by atoms with Crippen molar-refractivity contribution in [2.24, 2.45) is 23.7 Å². The number of ether oxygens (including phenoxy) is 2. The maximum Gasteiger partial charge on any atom is 0.226 e. The fraction of sp³-hybridized carbons (Fsp3) is 0.696. The van der Waals surface area contributed by atoms with Crippen LogP contribution in [-0.4, -0.2) is 31.6 Å². The lowest BCUT2D eigenvalue weighted by Crippen LogP contribution is -2.46. The minimum atomic E-state index is 0.0751. The predicted molar refractivity (Wildman–Crippen MR) is 108 cm³/mol.